The highest BCUT2D eigenvalue weighted by molar-refractivity contribution is 6.28. The largest absolute Gasteiger partial charge is 0.440 e. The average Bonchev–Trinajstić information content (AvgIpc) is 2.29. The van der Waals surface area contributed by atoms with E-state index in [-0.39, 0.29) is 17.2 Å². The topological polar surface area (TPSA) is 59.3 Å². The Kier molecular flexibility index (Phi) is 2.92. The number of carbonyl (C=O) groups is 1. The molecular weight excluding hydrogens is 230 g/mol. The zero-order valence-corrected chi connectivity index (χ0v) is 8.95. The minimum absolute atomic E-state index is 0.106. The highest BCUT2D eigenvalue weighted by atomic mass is 35.5. The standard InChI is InChI=1S/C11H8ClNO3/c12-6-10(15)13-11-5-8(14)7-3-1-2-4-9(7)16-11/h1-5H,6H2,(H,13,15). The van der Waals surface area contributed by atoms with Crippen LogP contribution in [-0.4, -0.2) is 11.8 Å². The molecule has 0 fully saturated rings. The Morgan fingerprint density at radius 1 is 1.38 bits per heavy atom. The molecule has 0 saturated heterocycles. The van der Waals surface area contributed by atoms with Crippen LogP contribution in [0.5, 0.6) is 0 Å². The number of nitrogens with one attached hydrogen (secondary N) is 1. The van der Waals surface area contributed by atoms with Gasteiger partial charge < -0.3 is 4.42 Å². The van der Waals surface area contributed by atoms with Gasteiger partial charge in [0, 0.05) is 6.07 Å². The molecule has 0 bridgehead atoms. The third-order valence-electron chi connectivity index (χ3n) is 2.02. The summed E-state index contributed by atoms with van der Waals surface area (Å²) in [4.78, 5) is 22.6. The van der Waals surface area contributed by atoms with Gasteiger partial charge in [-0.05, 0) is 12.1 Å². The molecule has 1 N–H and O–H groups in total. The molecule has 0 aliphatic heterocycles. The van der Waals surface area contributed by atoms with Crippen LogP contribution in [-0.2, 0) is 4.79 Å². The van der Waals surface area contributed by atoms with Crippen molar-refractivity contribution >= 4 is 34.4 Å². The third-order valence-corrected chi connectivity index (χ3v) is 2.26. The molecular formula is C11H8ClNO3. The number of fused-ring (bicyclic) bond motifs is 1. The summed E-state index contributed by atoms with van der Waals surface area (Å²) in [5, 5.41) is 2.87. The molecule has 0 unspecified atom stereocenters. The van der Waals surface area contributed by atoms with Gasteiger partial charge in [-0.2, -0.15) is 0 Å². The molecule has 1 amide bonds. The van der Waals surface area contributed by atoms with Crippen LogP contribution in [0.2, 0.25) is 0 Å². The molecule has 0 saturated carbocycles. The summed E-state index contributed by atoms with van der Waals surface area (Å²) in [6.07, 6.45) is 0. The first-order chi connectivity index (χ1) is 7.70. The maximum absolute atomic E-state index is 11.6. The predicted molar refractivity (Wildman–Crippen MR) is 61.8 cm³/mol. The van der Waals surface area contributed by atoms with Crippen molar-refractivity contribution in [2.45, 2.75) is 0 Å². The van der Waals surface area contributed by atoms with Crippen LogP contribution < -0.4 is 10.7 Å². The zero-order chi connectivity index (χ0) is 11.5. The maximum Gasteiger partial charge on any atom is 0.241 e. The molecule has 82 valence electrons. The van der Waals surface area contributed by atoms with Gasteiger partial charge in [0.2, 0.25) is 11.8 Å². The van der Waals surface area contributed by atoms with E-state index in [9.17, 15) is 9.59 Å². The quantitative estimate of drug-likeness (QED) is 0.813. The molecule has 2 aromatic rings. The molecule has 1 aromatic carbocycles. The molecule has 1 heterocycles. The van der Waals surface area contributed by atoms with Crippen molar-refractivity contribution in [1.29, 1.82) is 0 Å². The lowest BCUT2D eigenvalue weighted by Crippen LogP contribution is -2.14. The van der Waals surface area contributed by atoms with Gasteiger partial charge in [-0.3, -0.25) is 14.9 Å². The summed E-state index contributed by atoms with van der Waals surface area (Å²) in [6, 6.07) is 8.04. The first-order valence-electron chi connectivity index (χ1n) is 4.59. The lowest BCUT2D eigenvalue weighted by molar-refractivity contribution is -0.114. The van der Waals surface area contributed by atoms with E-state index < -0.39 is 5.91 Å². The summed E-state index contributed by atoms with van der Waals surface area (Å²) in [5.41, 5.74) is 0.228. The van der Waals surface area contributed by atoms with Gasteiger partial charge in [-0.25, -0.2) is 0 Å². The summed E-state index contributed by atoms with van der Waals surface area (Å²) >= 11 is 5.33. The Labute approximate surface area is 95.8 Å². The van der Waals surface area contributed by atoms with Crippen molar-refractivity contribution in [2.75, 3.05) is 11.2 Å². The van der Waals surface area contributed by atoms with E-state index in [1.807, 2.05) is 0 Å². The van der Waals surface area contributed by atoms with Gasteiger partial charge in [-0.15, -0.1) is 11.6 Å². The number of anilines is 1. The molecule has 0 aliphatic rings. The Balaban J connectivity index is 2.50. The number of para-hydroxylation sites is 1. The van der Waals surface area contributed by atoms with Crippen LogP contribution in [0.1, 0.15) is 0 Å². The summed E-state index contributed by atoms with van der Waals surface area (Å²) < 4.78 is 5.32. The van der Waals surface area contributed by atoms with E-state index in [1.165, 1.54) is 6.07 Å². The number of carbonyl (C=O) groups excluding carboxylic acids is 1. The van der Waals surface area contributed by atoms with E-state index in [0.29, 0.717) is 11.0 Å². The highest BCUT2D eigenvalue weighted by Crippen LogP contribution is 2.14. The molecule has 2 rings (SSSR count). The van der Waals surface area contributed by atoms with Crippen LogP contribution in [0.4, 0.5) is 5.88 Å². The number of halogens is 1. The minimum Gasteiger partial charge on any atom is -0.440 e. The summed E-state index contributed by atoms with van der Waals surface area (Å²) in [6.45, 7) is 0. The van der Waals surface area contributed by atoms with Crippen molar-refractivity contribution in [1.82, 2.24) is 0 Å². The smallest absolute Gasteiger partial charge is 0.241 e. The molecule has 16 heavy (non-hydrogen) atoms. The Hall–Kier alpha value is -1.81. The molecule has 0 radical (unpaired) electrons. The van der Waals surface area contributed by atoms with E-state index in [2.05, 4.69) is 5.32 Å². The van der Waals surface area contributed by atoms with Crippen LogP contribution in [0.3, 0.4) is 0 Å². The molecule has 0 spiro atoms. The Morgan fingerprint density at radius 3 is 2.88 bits per heavy atom. The highest BCUT2D eigenvalue weighted by Gasteiger charge is 2.06. The van der Waals surface area contributed by atoms with Gasteiger partial charge >= 0.3 is 0 Å². The number of amides is 1. The second kappa shape index (κ2) is 4.37. The lowest BCUT2D eigenvalue weighted by Gasteiger charge is -2.02. The van der Waals surface area contributed by atoms with Crippen LogP contribution in [0.25, 0.3) is 11.0 Å². The van der Waals surface area contributed by atoms with Gasteiger partial charge in [0.1, 0.15) is 11.5 Å². The Morgan fingerprint density at radius 2 is 2.12 bits per heavy atom. The Bertz CT molecular complexity index is 591. The van der Waals surface area contributed by atoms with E-state index in [0.717, 1.165) is 0 Å². The number of alkyl halides is 1. The summed E-state index contributed by atoms with van der Waals surface area (Å²) in [7, 11) is 0. The predicted octanol–water partition coefficient (Wildman–Crippen LogP) is 1.97. The molecule has 0 atom stereocenters. The van der Waals surface area contributed by atoms with Gasteiger partial charge in [0.15, 0.2) is 5.43 Å². The number of hydrogen-bond acceptors (Lipinski definition) is 3. The van der Waals surface area contributed by atoms with Crippen molar-refractivity contribution in [2.24, 2.45) is 0 Å². The van der Waals surface area contributed by atoms with Gasteiger partial charge in [-0.1, -0.05) is 12.1 Å². The minimum atomic E-state index is -0.417. The van der Waals surface area contributed by atoms with Gasteiger partial charge in [0.05, 0.1) is 5.39 Å². The van der Waals surface area contributed by atoms with E-state index >= 15 is 0 Å². The van der Waals surface area contributed by atoms with Gasteiger partial charge in [0.25, 0.3) is 0 Å². The normalized spacial score (nSPS) is 10.3. The number of rotatable bonds is 2. The maximum atomic E-state index is 11.6. The molecule has 1 aromatic heterocycles. The zero-order valence-electron chi connectivity index (χ0n) is 8.20. The van der Waals surface area contributed by atoms with Crippen molar-refractivity contribution in [3.63, 3.8) is 0 Å². The SMILES string of the molecule is O=C(CCl)Nc1cc(=O)c2ccccc2o1. The fourth-order valence-electron chi connectivity index (χ4n) is 1.34. The van der Waals surface area contributed by atoms with Crippen molar-refractivity contribution in [3.05, 3.63) is 40.6 Å². The first kappa shape index (κ1) is 10.7. The second-order valence-corrected chi connectivity index (χ2v) is 3.42. The monoisotopic (exact) mass is 237 g/mol. The summed E-state index contributed by atoms with van der Waals surface area (Å²) in [5.74, 6) is -0.495. The molecule has 0 aliphatic carbocycles. The number of benzene rings is 1. The fourth-order valence-corrected chi connectivity index (χ4v) is 1.40. The molecule has 5 heteroatoms. The molecule has 4 nitrogen and oxygen atoms in total. The van der Waals surface area contributed by atoms with E-state index in [1.54, 1.807) is 24.3 Å². The van der Waals surface area contributed by atoms with Crippen molar-refractivity contribution in [3.8, 4) is 0 Å². The lowest BCUT2D eigenvalue weighted by atomic mass is 10.2. The fraction of sp³-hybridized carbons (Fsp3) is 0.0909. The average molecular weight is 238 g/mol. The van der Waals surface area contributed by atoms with Crippen LogP contribution in [0.15, 0.2) is 39.5 Å². The second-order valence-electron chi connectivity index (χ2n) is 3.15. The first-order valence-corrected chi connectivity index (χ1v) is 5.13. The third kappa shape index (κ3) is 2.06. The van der Waals surface area contributed by atoms with Crippen LogP contribution in [0, 0.1) is 0 Å². The van der Waals surface area contributed by atoms with Crippen molar-refractivity contribution < 1.29 is 9.21 Å². The van der Waals surface area contributed by atoms with E-state index in [4.69, 9.17) is 16.0 Å². The number of hydrogen-bond donors (Lipinski definition) is 1. The van der Waals surface area contributed by atoms with Crippen LogP contribution >= 0.6 is 11.6 Å².